The van der Waals surface area contributed by atoms with Crippen LogP contribution >= 0.6 is 0 Å². The average Bonchev–Trinajstić information content (AvgIpc) is 3.25. The molecule has 14 unspecified atom stereocenters. The lowest BCUT2D eigenvalue weighted by atomic mass is 9.81. The molecule has 1 aliphatic carbocycles. The van der Waals surface area contributed by atoms with Crippen LogP contribution in [-0.2, 0) is 52.1 Å². The van der Waals surface area contributed by atoms with Gasteiger partial charge in [0.25, 0.3) is 11.7 Å². The first kappa shape index (κ1) is 55.8. The normalized spacial score (nSPS) is 36.7. The second-order valence-electron chi connectivity index (χ2n) is 21.7. The lowest BCUT2D eigenvalue weighted by Gasteiger charge is -2.47. The lowest BCUT2D eigenvalue weighted by molar-refractivity contribution is -0.302. The molecule has 4 aliphatic rings. The van der Waals surface area contributed by atoms with Crippen molar-refractivity contribution >= 4 is 37.7 Å². The van der Waals surface area contributed by atoms with Crippen LogP contribution < -0.4 is 5.32 Å². The van der Waals surface area contributed by atoms with Gasteiger partial charge in [0.05, 0.1) is 30.5 Å². The molecule has 3 heterocycles. The van der Waals surface area contributed by atoms with Gasteiger partial charge in [0.15, 0.2) is 8.32 Å². The van der Waals surface area contributed by atoms with Gasteiger partial charge < -0.3 is 43.4 Å². The predicted octanol–water partition coefficient (Wildman–Crippen LogP) is 7.65. The highest BCUT2D eigenvalue weighted by Gasteiger charge is 2.57. The Hall–Kier alpha value is -2.79. The number of fused-ring (bicyclic) bond motifs is 3. The van der Waals surface area contributed by atoms with Crippen molar-refractivity contribution in [1.29, 1.82) is 0 Å². The van der Waals surface area contributed by atoms with Crippen LogP contribution in [0, 0.1) is 29.6 Å². The number of cyclic esters (lactones) is 1. The van der Waals surface area contributed by atoms with Crippen molar-refractivity contribution in [2.45, 2.75) is 212 Å². The quantitative estimate of drug-likeness (QED) is 0.100. The molecule has 15 heteroatoms. The molecular weight excluding hydrogens is 861 g/mol. The molecule has 3 fully saturated rings. The van der Waals surface area contributed by atoms with Crippen molar-refractivity contribution < 1.29 is 57.2 Å². The first-order valence-electron chi connectivity index (χ1n) is 24.7. The minimum Gasteiger partial charge on any atom is -0.456 e. The van der Waals surface area contributed by atoms with E-state index in [1.54, 1.807) is 28.3 Å². The number of nitrogens with zero attached hydrogens (tertiary/aromatic N) is 1. The van der Waals surface area contributed by atoms with Gasteiger partial charge in [0.1, 0.15) is 24.0 Å². The highest BCUT2D eigenvalue weighted by atomic mass is 28.4. The van der Waals surface area contributed by atoms with Crippen LogP contribution in [-0.4, -0.2) is 130 Å². The summed E-state index contributed by atoms with van der Waals surface area (Å²) in [7, 11) is 2.21. The predicted molar refractivity (Wildman–Crippen MR) is 256 cm³/mol. The number of ketones is 2. The van der Waals surface area contributed by atoms with E-state index >= 15 is 0 Å². The van der Waals surface area contributed by atoms with Crippen LogP contribution in [0.2, 0.25) is 18.1 Å². The van der Waals surface area contributed by atoms with Gasteiger partial charge in [-0.2, -0.15) is 0 Å². The highest BCUT2D eigenvalue weighted by Crippen LogP contribution is 2.42. The fraction of sp³-hybridized carbons (Fsp3) is 0.824. The lowest BCUT2D eigenvalue weighted by Crippen LogP contribution is -2.64. The Balaban J connectivity index is 1.88. The number of nitrogens with one attached hydrogen (secondary N) is 1. The van der Waals surface area contributed by atoms with Gasteiger partial charge in [-0.3, -0.25) is 19.2 Å². The largest absolute Gasteiger partial charge is 0.456 e. The van der Waals surface area contributed by atoms with Crippen LogP contribution in [0.4, 0.5) is 0 Å². The molecule has 2 N–H and O–H groups in total. The summed E-state index contributed by atoms with van der Waals surface area (Å²) in [5.41, 5.74) is 1.82. The van der Waals surface area contributed by atoms with Crippen molar-refractivity contribution in [2.24, 2.45) is 29.6 Å². The maximum Gasteiger partial charge on any atom is 0.329 e. The third kappa shape index (κ3) is 13.5. The van der Waals surface area contributed by atoms with Crippen molar-refractivity contribution in [2.75, 3.05) is 27.9 Å². The summed E-state index contributed by atoms with van der Waals surface area (Å²) in [5.74, 6) is -7.05. The molecule has 14 atom stereocenters. The number of rotatable bonds is 9. The molecule has 1 saturated carbocycles. The Morgan fingerprint density at radius 3 is 2.15 bits per heavy atom. The molecule has 14 nitrogen and oxygen atoms in total. The number of ether oxygens (including phenoxy) is 5. The minimum atomic E-state index is -2.54. The van der Waals surface area contributed by atoms with E-state index in [0.29, 0.717) is 44.9 Å². The zero-order valence-corrected chi connectivity index (χ0v) is 44.0. The van der Waals surface area contributed by atoms with Gasteiger partial charge in [-0.1, -0.05) is 66.2 Å². The number of methoxy groups -OCH3 is 3. The molecule has 0 aromatic rings. The van der Waals surface area contributed by atoms with E-state index < -0.39 is 80.2 Å². The molecule has 2 amide bonds. The molecule has 0 aromatic heterocycles. The van der Waals surface area contributed by atoms with E-state index in [9.17, 15) is 29.1 Å². The Bertz CT molecular complexity index is 1760. The van der Waals surface area contributed by atoms with Gasteiger partial charge in [-0.25, -0.2) is 4.79 Å². The number of piperidine rings is 1. The maximum absolute atomic E-state index is 14.9. The number of aliphatic hydroxyl groups is 1. The number of hydrogen-bond acceptors (Lipinski definition) is 12. The van der Waals surface area contributed by atoms with Gasteiger partial charge in [-0.15, -0.1) is 0 Å². The second-order valence-corrected chi connectivity index (χ2v) is 26.5. The van der Waals surface area contributed by atoms with Crippen LogP contribution in [0.5, 0.6) is 0 Å². The number of carbonyl (C=O) groups excluding carboxylic acids is 5. The molecule has 376 valence electrons. The first-order valence-corrected chi connectivity index (χ1v) is 27.6. The summed E-state index contributed by atoms with van der Waals surface area (Å²) < 4.78 is 38.0. The van der Waals surface area contributed by atoms with Crippen molar-refractivity contribution in [3.63, 3.8) is 0 Å². The second kappa shape index (κ2) is 23.7. The Labute approximate surface area is 397 Å². The minimum absolute atomic E-state index is 0.0280. The Morgan fingerprint density at radius 2 is 1.56 bits per heavy atom. The zero-order chi connectivity index (χ0) is 49.5. The fourth-order valence-corrected chi connectivity index (χ4v) is 11.9. The van der Waals surface area contributed by atoms with Crippen LogP contribution in [0.3, 0.4) is 0 Å². The number of Topliss-reactive ketones (excluding diaryl/α,β-unsaturated/α-hetero) is 2. The van der Waals surface area contributed by atoms with Gasteiger partial charge >= 0.3 is 5.97 Å². The SMILES string of the molecule is CCC1C=C(C)CC(C)CC(OC)C2OC(O)(C(=O)C(=O)N3CCCCC3C(=O)OC(C(C)=CC3CCC(NC(C)=O)C(OC)C3)C(C)C(O[Si](C)(C)C(C)(C)C)CC1=O)C(C)CC2OC. The number of amides is 2. The number of esters is 1. The number of carbonyl (C=O) groups is 5. The van der Waals surface area contributed by atoms with Crippen LogP contribution in [0.25, 0.3) is 0 Å². The van der Waals surface area contributed by atoms with Gasteiger partial charge in [0, 0.05) is 59.0 Å². The smallest absolute Gasteiger partial charge is 0.329 e. The molecule has 4 rings (SSSR count). The third-order valence-electron chi connectivity index (χ3n) is 15.5. The van der Waals surface area contributed by atoms with E-state index in [1.165, 1.54) is 11.8 Å². The third-order valence-corrected chi connectivity index (χ3v) is 20.0. The molecular formula is C51H86N2O12Si. The first-order chi connectivity index (χ1) is 30.8. The van der Waals surface area contributed by atoms with Crippen molar-refractivity contribution in [1.82, 2.24) is 10.2 Å². The Morgan fingerprint density at radius 1 is 0.924 bits per heavy atom. The molecule has 0 radical (unpaired) electrons. The molecule has 0 spiro atoms. The monoisotopic (exact) mass is 947 g/mol. The molecule has 66 heavy (non-hydrogen) atoms. The fourth-order valence-electron chi connectivity index (χ4n) is 10.5. The average molecular weight is 947 g/mol. The van der Waals surface area contributed by atoms with E-state index in [2.05, 4.69) is 58.3 Å². The summed E-state index contributed by atoms with van der Waals surface area (Å²) >= 11 is 0. The number of allylic oxidation sites excluding steroid dienone is 3. The summed E-state index contributed by atoms with van der Waals surface area (Å²) in [5, 5.41) is 15.0. The van der Waals surface area contributed by atoms with E-state index in [4.69, 9.17) is 28.1 Å². The summed E-state index contributed by atoms with van der Waals surface area (Å²) in [4.78, 5) is 71.9. The van der Waals surface area contributed by atoms with E-state index in [0.717, 1.165) is 17.6 Å². The zero-order valence-electron chi connectivity index (χ0n) is 43.0. The summed E-state index contributed by atoms with van der Waals surface area (Å²) in [6.45, 7) is 24.1. The van der Waals surface area contributed by atoms with E-state index in [1.807, 2.05) is 27.7 Å². The van der Waals surface area contributed by atoms with Gasteiger partial charge in [-0.05, 0) is 114 Å². The topological polar surface area (TPSA) is 176 Å². The molecule has 2 saturated heterocycles. The molecule has 0 aromatic carbocycles. The van der Waals surface area contributed by atoms with Crippen LogP contribution in [0.15, 0.2) is 23.3 Å². The van der Waals surface area contributed by atoms with Crippen molar-refractivity contribution in [3.05, 3.63) is 23.3 Å². The highest BCUT2D eigenvalue weighted by molar-refractivity contribution is 6.74. The summed E-state index contributed by atoms with van der Waals surface area (Å²) in [6.07, 6.45) is 5.99. The van der Waals surface area contributed by atoms with Crippen molar-refractivity contribution in [3.8, 4) is 0 Å². The van der Waals surface area contributed by atoms with E-state index in [-0.39, 0.29) is 72.4 Å². The Kier molecular flexibility index (Phi) is 20.0. The molecule has 2 bridgehead atoms. The van der Waals surface area contributed by atoms with Gasteiger partial charge in [0.2, 0.25) is 11.7 Å². The molecule has 3 aliphatic heterocycles. The maximum atomic E-state index is 14.9. The standard InChI is InChI=1S/C51H86N2O12Si/c1-16-37-24-30(2)23-31(3)25-43(61-12)46-44(62-13)27-33(5)51(59,64-46)47(56)48(57)53-22-18-17-19-39(53)49(58)63-45(34(6)41(29-40(37)55)65-66(14,15)50(8,9)10)32(4)26-36-20-21-38(52-35(7)54)42(28-36)60-11/h24,26,31,33-34,36-39,41-46,59H,16-23,25,27-29H2,1-15H3,(H,52,54). The summed E-state index contributed by atoms with van der Waals surface area (Å²) in [6, 6.07) is -1.25. The van der Waals surface area contributed by atoms with Crippen LogP contribution in [0.1, 0.15) is 140 Å². The number of hydrogen-bond donors (Lipinski definition) is 2.